The molecule has 0 radical (unpaired) electrons. The summed E-state index contributed by atoms with van der Waals surface area (Å²) in [5.41, 5.74) is -0.292. The second-order valence-electron chi connectivity index (χ2n) is 3.82. The van der Waals surface area contributed by atoms with Crippen molar-refractivity contribution in [2.24, 2.45) is 0 Å². The number of hydrogen-bond acceptors (Lipinski definition) is 2. The van der Waals surface area contributed by atoms with Crippen LogP contribution in [0.15, 0.2) is 12.1 Å². The van der Waals surface area contributed by atoms with Crippen molar-refractivity contribution in [2.45, 2.75) is 13.0 Å². The number of aliphatic hydroxyl groups is 1. The highest BCUT2D eigenvalue weighted by molar-refractivity contribution is 6.33. The lowest BCUT2D eigenvalue weighted by Gasteiger charge is -2.23. The van der Waals surface area contributed by atoms with Crippen LogP contribution in [0.25, 0.3) is 0 Å². The van der Waals surface area contributed by atoms with E-state index in [-0.39, 0.29) is 17.3 Å². The fraction of sp³-hybridized carbons (Fsp3) is 0.364. The molecule has 18 heavy (non-hydrogen) atoms. The van der Waals surface area contributed by atoms with E-state index < -0.39 is 23.7 Å². The molecule has 0 saturated carbocycles. The zero-order valence-corrected chi connectivity index (χ0v) is 10.6. The third kappa shape index (κ3) is 3.30. The van der Waals surface area contributed by atoms with Crippen LogP contribution in [0.3, 0.4) is 0 Å². The Morgan fingerprint density at radius 2 is 2.17 bits per heavy atom. The average Bonchev–Trinajstić information content (AvgIpc) is 2.31. The number of halogens is 3. The van der Waals surface area contributed by atoms with Gasteiger partial charge in [-0.2, -0.15) is 0 Å². The number of rotatable bonds is 3. The van der Waals surface area contributed by atoms with Gasteiger partial charge in [-0.25, -0.2) is 13.6 Å². The number of carbonyl (C=O) groups is 1. The Hall–Kier alpha value is -1.40. The van der Waals surface area contributed by atoms with E-state index in [1.807, 2.05) is 0 Å². The molecule has 0 aliphatic rings. The molecule has 0 bridgehead atoms. The van der Waals surface area contributed by atoms with Crippen LogP contribution in [-0.2, 0) is 0 Å². The third-order valence-corrected chi connectivity index (χ3v) is 2.78. The van der Waals surface area contributed by atoms with Gasteiger partial charge in [0.1, 0.15) is 5.82 Å². The Kier molecular flexibility index (Phi) is 4.86. The van der Waals surface area contributed by atoms with Gasteiger partial charge in [0.05, 0.1) is 23.4 Å². The lowest BCUT2D eigenvalue weighted by molar-refractivity contribution is 0.166. The molecule has 0 aromatic heterocycles. The number of amides is 2. The van der Waals surface area contributed by atoms with Crippen molar-refractivity contribution in [3.05, 3.63) is 28.8 Å². The molecule has 1 atom stereocenters. The van der Waals surface area contributed by atoms with Gasteiger partial charge in [-0.1, -0.05) is 11.6 Å². The maximum Gasteiger partial charge on any atom is 0.322 e. The highest BCUT2D eigenvalue weighted by Gasteiger charge is 2.18. The highest BCUT2D eigenvalue weighted by atomic mass is 35.5. The van der Waals surface area contributed by atoms with E-state index in [1.165, 1.54) is 11.9 Å². The molecule has 1 rings (SSSR count). The normalized spacial score (nSPS) is 12.1. The quantitative estimate of drug-likeness (QED) is 0.892. The number of benzene rings is 1. The monoisotopic (exact) mass is 278 g/mol. The average molecular weight is 279 g/mol. The van der Waals surface area contributed by atoms with Crippen LogP contribution in [0, 0.1) is 11.6 Å². The first-order chi connectivity index (χ1) is 8.36. The van der Waals surface area contributed by atoms with E-state index in [9.17, 15) is 13.6 Å². The van der Waals surface area contributed by atoms with Crippen LogP contribution in [0.5, 0.6) is 0 Å². The summed E-state index contributed by atoms with van der Waals surface area (Å²) in [6, 6.07) is 0.434. The molecule has 7 heteroatoms. The Bertz CT molecular complexity index is 434. The van der Waals surface area contributed by atoms with E-state index in [0.717, 1.165) is 6.07 Å². The molecule has 2 amide bonds. The summed E-state index contributed by atoms with van der Waals surface area (Å²) >= 11 is 5.63. The number of hydrogen-bond donors (Lipinski definition) is 2. The second-order valence-corrected chi connectivity index (χ2v) is 4.22. The topological polar surface area (TPSA) is 52.6 Å². The van der Waals surface area contributed by atoms with Gasteiger partial charge in [0, 0.05) is 13.1 Å². The lowest BCUT2D eigenvalue weighted by atomic mass is 10.3. The summed E-state index contributed by atoms with van der Waals surface area (Å²) in [6.45, 7) is 1.38. The lowest BCUT2D eigenvalue weighted by Crippen LogP contribution is -2.40. The maximum absolute atomic E-state index is 13.4. The Morgan fingerprint density at radius 1 is 1.56 bits per heavy atom. The highest BCUT2D eigenvalue weighted by Crippen LogP contribution is 2.26. The third-order valence-electron chi connectivity index (χ3n) is 2.48. The second kappa shape index (κ2) is 5.97. The van der Waals surface area contributed by atoms with Crippen molar-refractivity contribution in [2.75, 3.05) is 19.0 Å². The van der Waals surface area contributed by atoms with Crippen molar-refractivity contribution >= 4 is 23.3 Å². The molecule has 0 fully saturated rings. The molecule has 1 unspecified atom stereocenters. The zero-order valence-electron chi connectivity index (χ0n) is 9.88. The van der Waals surface area contributed by atoms with Crippen molar-refractivity contribution in [3.8, 4) is 0 Å². The number of aliphatic hydroxyl groups excluding tert-OH is 1. The van der Waals surface area contributed by atoms with Crippen molar-refractivity contribution < 1.29 is 18.7 Å². The van der Waals surface area contributed by atoms with Gasteiger partial charge in [-0.05, 0) is 13.0 Å². The SMILES string of the molecule is CC(CO)N(C)C(=O)Nc1c(F)cc(F)cc1Cl. The number of urea groups is 1. The summed E-state index contributed by atoms with van der Waals surface area (Å²) in [5.74, 6) is -1.79. The molecule has 1 aromatic rings. The smallest absolute Gasteiger partial charge is 0.322 e. The van der Waals surface area contributed by atoms with E-state index in [4.69, 9.17) is 16.7 Å². The minimum atomic E-state index is -0.960. The summed E-state index contributed by atoms with van der Waals surface area (Å²) in [4.78, 5) is 12.9. The van der Waals surface area contributed by atoms with Crippen molar-refractivity contribution in [1.82, 2.24) is 4.90 Å². The summed E-state index contributed by atoms with van der Waals surface area (Å²) in [6.07, 6.45) is 0. The van der Waals surface area contributed by atoms with Crippen LogP contribution >= 0.6 is 11.6 Å². The summed E-state index contributed by atoms with van der Waals surface area (Å²) in [7, 11) is 1.44. The van der Waals surface area contributed by atoms with Gasteiger partial charge in [0.25, 0.3) is 0 Å². The van der Waals surface area contributed by atoms with Crippen LogP contribution in [0.4, 0.5) is 19.3 Å². The van der Waals surface area contributed by atoms with Gasteiger partial charge in [-0.15, -0.1) is 0 Å². The molecule has 0 saturated heterocycles. The number of anilines is 1. The predicted octanol–water partition coefficient (Wildman–Crippen LogP) is 2.46. The molecule has 1 aromatic carbocycles. The van der Waals surface area contributed by atoms with Crippen molar-refractivity contribution in [3.63, 3.8) is 0 Å². The first kappa shape index (κ1) is 14.7. The van der Waals surface area contributed by atoms with Gasteiger partial charge in [-0.3, -0.25) is 0 Å². The van der Waals surface area contributed by atoms with E-state index in [1.54, 1.807) is 6.92 Å². The van der Waals surface area contributed by atoms with Gasteiger partial charge < -0.3 is 15.3 Å². The molecular formula is C11H13ClF2N2O2. The summed E-state index contributed by atoms with van der Waals surface area (Å²) in [5, 5.41) is 10.9. The Balaban J connectivity index is 2.89. The number of nitrogens with one attached hydrogen (secondary N) is 1. The molecule has 0 spiro atoms. The van der Waals surface area contributed by atoms with Crippen LogP contribution in [0.1, 0.15) is 6.92 Å². The summed E-state index contributed by atoms with van der Waals surface area (Å²) < 4.78 is 26.2. The maximum atomic E-state index is 13.4. The van der Waals surface area contributed by atoms with Crippen molar-refractivity contribution in [1.29, 1.82) is 0 Å². The largest absolute Gasteiger partial charge is 0.394 e. The number of carbonyl (C=O) groups excluding carboxylic acids is 1. The van der Waals surface area contributed by atoms with Gasteiger partial charge in [0.15, 0.2) is 5.82 Å². The standard InChI is InChI=1S/C11H13ClF2N2O2/c1-6(5-17)16(2)11(18)15-10-8(12)3-7(13)4-9(10)14/h3-4,6,17H,5H2,1-2H3,(H,15,18). The minimum absolute atomic E-state index is 0.231. The van der Waals surface area contributed by atoms with Crippen LogP contribution in [0.2, 0.25) is 5.02 Å². The first-order valence-electron chi connectivity index (χ1n) is 5.16. The van der Waals surface area contributed by atoms with E-state index >= 15 is 0 Å². The van der Waals surface area contributed by atoms with Crippen LogP contribution in [-0.4, -0.2) is 35.7 Å². The number of nitrogens with zero attached hydrogens (tertiary/aromatic N) is 1. The van der Waals surface area contributed by atoms with E-state index in [0.29, 0.717) is 6.07 Å². The Labute approximate surface area is 108 Å². The minimum Gasteiger partial charge on any atom is -0.394 e. The van der Waals surface area contributed by atoms with Gasteiger partial charge >= 0.3 is 6.03 Å². The molecule has 0 aliphatic heterocycles. The first-order valence-corrected chi connectivity index (χ1v) is 5.53. The molecule has 4 nitrogen and oxygen atoms in total. The van der Waals surface area contributed by atoms with Gasteiger partial charge in [0.2, 0.25) is 0 Å². The molecule has 0 heterocycles. The molecule has 100 valence electrons. The molecule has 2 N–H and O–H groups in total. The van der Waals surface area contributed by atoms with Crippen LogP contribution < -0.4 is 5.32 Å². The molecule has 0 aliphatic carbocycles. The molecular weight excluding hydrogens is 266 g/mol. The zero-order chi connectivity index (χ0) is 13.9. The fourth-order valence-corrected chi connectivity index (χ4v) is 1.42. The van der Waals surface area contributed by atoms with E-state index in [2.05, 4.69) is 5.32 Å². The fourth-order valence-electron chi connectivity index (χ4n) is 1.18. The predicted molar refractivity (Wildman–Crippen MR) is 64.7 cm³/mol. The Morgan fingerprint density at radius 3 is 2.67 bits per heavy atom. The number of likely N-dealkylation sites (N-methyl/N-ethyl adjacent to an activating group) is 1.